The molecule has 0 aliphatic carbocycles. The Morgan fingerprint density at radius 1 is 1.20 bits per heavy atom. The Morgan fingerprint density at radius 2 is 1.85 bits per heavy atom. The van der Waals surface area contributed by atoms with Gasteiger partial charge in [-0.25, -0.2) is 12.7 Å². The highest BCUT2D eigenvalue weighted by atomic mass is 32.2. The van der Waals surface area contributed by atoms with E-state index >= 15 is 0 Å². The number of sulfonamides is 1. The minimum atomic E-state index is -3.24. The molecule has 1 N–H and O–H groups in total. The van der Waals surface area contributed by atoms with Gasteiger partial charge in [0, 0.05) is 26.1 Å². The molecule has 0 aromatic heterocycles. The summed E-state index contributed by atoms with van der Waals surface area (Å²) in [4.78, 5) is 11.7. The molecule has 0 saturated carbocycles. The van der Waals surface area contributed by atoms with Crippen LogP contribution in [-0.2, 0) is 21.4 Å². The topological polar surface area (TPSA) is 66.5 Å². The van der Waals surface area contributed by atoms with Crippen LogP contribution < -0.4 is 5.32 Å². The first kappa shape index (κ1) is 16.7. The average Bonchev–Trinajstić information content (AvgIpc) is 2.41. The molecular weight excluding hydrogens is 276 g/mol. The van der Waals surface area contributed by atoms with Crippen molar-refractivity contribution in [3.63, 3.8) is 0 Å². The third kappa shape index (κ3) is 6.16. The maximum atomic E-state index is 11.7. The fourth-order valence-electron chi connectivity index (χ4n) is 1.80. The molecule has 5 nitrogen and oxygen atoms in total. The molecule has 1 aromatic rings. The van der Waals surface area contributed by atoms with Crippen molar-refractivity contribution in [2.45, 2.75) is 26.3 Å². The van der Waals surface area contributed by atoms with Crippen molar-refractivity contribution < 1.29 is 13.2 Å². The van der Waals surface area contributed by atoms with E-state index in [1.165, 1.54) is 10.6 Å². The summed E-state index contributed by atoms with van der Waals surface area (Å²) in [6, 6.07) is 9.60. The molecule has 0 spiro atoms. The maximum absolute atomic E-state index is 11.7. The summed E-state index contributed by atoms with van der Waals surface area (Å²) in [6.45, 7) is 3.05. The number of nitrogens with one attached hydrogen (secondary N) is 1. The summed E-state index contributed by atoms with van der Waals surface area (Å²) in [5.74, 6) is -0.140. The van der Waals surface area contributed by atoms with E-state index in [4.69, 9.17) is 0 Å². The van der Waals surface area contributed by atoms with Crippen molar-refractivity contribution in [3.05, 3.63) is 35.9 Å². The van der Waals surface area contributed by atoms with Crippen molar-refractivity contribution in [2.75, 3.05) is 19.3 Å². The molecule has 1 rings (SSSR count). The maximum Gasteiger partial charge on any atom is 0.221 e. The molecular formula is C14H22N2O3S. The molecule has 1 amide bonds. The minimum absolute atomic E-state index is 0.140. The van der Waals surface area contributed by atoms with Crippen molar-refractivity contribution in [3.8, 4) is 0 Å². The summed E-state index contributed by atoms with van der Waals surface area (Å²) >= 11 is 0. The Morgan fingerprint density at radius 3 is 2.40 bits per heavy atom. The molecule has 0 fully saturated rings. The molecule has 0 aliphatic heterocycles. The third-order valence-corrected chi connectivity index (χ3v) is 4.17. The molecule has 0 unspecified atom stereocenters. The van der Waals surface area contributed by atoms with Crippen LogP contribution in [0, 0.1) is 0 Å². The Labute approximate surface area is 121 Å². The van der Waals surface area contributed by atoms with Gasteiger partial charge >= 0.3 is 0 Å². The number of hydrogen-bond acceptors (Lipinski definition) is 3. The standard InChI is InChI=1S/C14H22N2O3S/c1-3-10-16(20(2,18)19)11-9-14(17)15-12-13-7-5-4-6-8-13/h4-8H,3,9-12H2,1-2H3,(H,15,17). The van der Waals surface area contributed by atoms with Gasteiger partial charge in [0.15, 0.2) is 0 Å². The van der Waals surface area contributed by atoms with Crippen LogP contribution in [0.5, 0.6) is 0 Å². The van der Waals surface area contributed by atoms with Gasteiger partial charge in [0.2, 0.25) is 15.9 Å². The van der Waals surface area contributed by atoms with E-state index in [0.717, 1.165) is 12.0 Å². The molecule has 0 atom stereocenters. The molecule has 6 heteroatoms. The van der Waals surface area contributed by atoms with E-state index in [1.54, 1.807) is 0 Å². The number of carbonyl (C=O) groups excluding carboxylic acids is 1. The number of hydrogen-bond donors (Lipinski definition) is 1. The Kier molecular flexibility index (Phi) is 6.67. The summed E-state index contributed by atoms with van der Waals surface area (Å²) in [6.07, 6.45) is 2.09. The molecule has 0 saturated heterocycles. The monoisotopic (exact) mass is 298 g/mol. The van der Waals surface area contributed by atoms with Gasteiger partial charge in [-0.3, -0.25) is 4.79 Å². The van der Waals surface area contributed by atoms with Crippen LogP contribution in [0.1, 0.15) is 25.3 Å². The second-order valence-electron chi connectivity index (χ2n) is 4.67. The molecule has 0 aliphatic rings. The van der Waals surface area contributed by atoms with Gasteiger partial charge in [-0.15, -0.1) is 0 Å². The minimum Gasteiger partial charge on any atom is -0.352 e. The molecule has 0 heterocycles. The lowest BCUT2D eigenvalue weighted by atomic mass is 10.2. The third-order valence-electron chi connectivity index (χ3n) is 2.86. The first-order valence-electron chi connectivity index (χ1n) is 6.69. The lowest BCUT2D eigenvalue weighted by Gasteiger charge is -2.18. The van der Waals surface area contributed by atoms with Crippen molar-refractivity contribution in [1.29, 1.82) is 0 Å². The number of nitrogens with zero attached hydrogens (tertiary/aromatic N) is 1. The first-order chi connectivity index (χ1) is 9.43. The van der Waals surface area contributed by atoms with E-state index < -0.39 is 10.0 Å². The van der Waals surface area contributed by atoms with E-state index in [2.05, 4.69) is 5.32 Å². The molecule has 0 radical (unpaired) electrons. The van der Waals surface area contributed by atoms with Crippen LogP contribution in [0.25, 0.3) is 0 Å². The van der Waals surface area contributed by atoms with Crippen molar-refractivity contribution >= 4 is 15.9 Å². The quantitative estimate of drug-likeness (QED) is 0.788. The van der Waals surface area contributed by atoms with E-state index in [-0.39, 0.29) is 18.9 Å². The van der Waals surface area contributed by atoms with E-state index in [1.807, 2.05) is 37.3 Å². The zero-order valence-electron chi connectivity index (χ0n) is 12.0. The van der Waals surface area contributed by atoms with Gasteiger partial charge in [-0.2, -0.15) is 0 Å². The number of benzene rings is 1. The molecule has 112 valence electrons. The van der Waals surface area contributed by atoms with E-state index in [0.29, 0.717) is 13.1 Å². The zero-order valence-corrected chi connectivity index (χ0v) is 12.8. The van der Waals surface area contributed by atoms with Crippen LogP contribution in [0.3, 0.4) is 0 Å². The fourth-order valence-corrected chi connectivity index (χ4v) is 2.74. The Bertz CT molecular complexity index is 514. The zero-order chi connectivity index (χ0) is 15.0. The van der Waals surface area contributed by atoms with Crippen LogP contribution >= 0.6 is 0 Å². The van der Waals surface area contributed by atoms with E-state index in [9.17, 15) is 13.2 Å². The van der Waals surface area contributed by atoms with Crippen LogP contribution in [0.15, 0.2) is 30.3 Å². The largest absolute Gasteiger partial charge is 0.352 e. The second-order valence-corrected chi connectivity index (χ2v) is 6.66. The van der Waals surface area contributed by atoms with Crippen LogP contribution in [0.4, 0.5) is 0 Å². The number of rotatable bonds is 8. The normalized spacial score (nSPS) is 11.6. The summed E-state index contributed by atoms with van der Waals surface area (Å²) in [5, 5.41) is 2.79. The lowest BCUT2D eigenvalue weighted by molar-refractivity contribution is -0.121. The number of amides is 1. The predicted octanol–water partition coefficient (Wildman–Crippen LogP) is 1.36. The highest BCUT2D eigenvalue weighted by Crippen LogP contribution is 2.02. The average molecular weight is 298 g/mol. The van der Waals surface area contributed by atoms with Gasteiger partial charge in [0.05, 0.1) is 6.26 Å². The molecule has 0 bridgehead atoms. The molecule has 20 heavy (non-hydrogen) atoms. The highest BCUT2D eigenvalue weighted by Gasteiger charge is 2.16. The SMILES string of the molecule is CCCN(CCC(=O)NCc1ccccc1)S(C)(=O)=O. The Balaban J connectivity index is 2.38. The fraction of sp³-hybridized carbons (Fsp3) is 0.500. The van der Waals surface area contributed by atoms with Gasteiger partial charge in [0.25, 0.3) is 0 Å². The first-order valence-corrected chi connectivity index (χ1v) is 8.54. The van der Waals surface area contributed by atoms with Crippen molar-refractivity contribution in [1.82, 2.24) is 9.62 Å². The summed E-state index contributed by atoms with van der Waals surface area (Å²) in [5.41, 5.74) is 1.02. The van der Waals surface area contributed by atoms with Gasteiger partial charge in [-0.05, 0) is 12.0 Å². The predicted molar refractivity (Wildman–Crippen MR) is 79.6 cm³/mol. The van der Waals surface area contributed by atoms with Gasteiger partial charge in [0.1, 0.15) is 0 Å². The van der Waals surface area contributed by atoms with Gasteiger partial charge < -0.3 is 5.32 Å². The van der Waals surface area contributed by atoms with Crippen molar-refractivity contribution in [2.24, 2.45) is 0 Å². The lowest BCUT2D eigenvalue weighted by Crippen LogP contribution is -2.35. The number of carbonyl (C=O) groups is 1. The van der Waals surface area contributed by atoms with Crippen LogP contribution in [-0.4, -0.2) is 38.0 Å². The smallest absolute Gasteiger partial charge is 0.221 e. The molecule has 1 aromatic carbocycles. The van der Waals surface area contributed by atoms with Crippen LogP contribution in [0.2, 0.25) is 0 Å². The van der Waals surface area contributed by atoms with Gasteiger partial charge in [-0.1, -0.05) is 37.3 Å². The Hall–Kier alpha value is -1.40. The summed E-state index contributed by atoms with van der Waals surface area (Å²) < 4.78 is 24.4. The summed E-state index contributed by atoms with van der Waals surface area (Å²) in [7, 11) is -3.24. The highest BCUT2D eigenvalue weighted by molar-refractivity contribution is 7.88. The second kappa shape index (κ2) is 8.01.